The third kappa shape index (κ3) is 3.92. The molecule has 1 atom stereocenters. The van der Waals surface area contributed by atoms with Crippen LogP contribution in [0.2, 0.25) is 0 Å². The largest absolute Gasteiger partial charge is 0.508 e. The van der Waals surface area contributed by atoms with E-state index in [1.807, 2.05) is 18.7 Å². The number of nitrogens with zero attached hydrogens (tertiary/aromatic N) is 1. The molecule has 0 aliphatic rings. The summed E-state index contributed by atoms with van der Waals surface area (Å²) in [5.41, 5.74) is 0.764. The number of phenolic OH excluding ortho intramolecular Hbond substituents is 2. The fraction of sp³-hybridized carbons (Fsp3) is 0.462. The molecule has 18 heavy (non-hydrogen) atoms. The van der Waals surface area contributed by atoms with E-state index < -0.39 is 5.97 Å². The van der Waals surface area contributed by atoms with Crippen LogP contribution in [0.25, 0.3) is 0 Å². The molecule has 0 heterocycles. The van der Waals surface area contributed by atoms with E-state index in [9.17, 15) is 15.0 Å². The van der Waals surface area contributed by atoms with Gasteiger partial charge in [-0.25, -0.2) is 0 Å². The molecule has 0 fully saturated rings. The van der Waals surface area contributed by atoms with Crippen molar-refractivity contribution in [2.24, 2.45) is 0 Å². The van der Waals surface area contributed by atoms with Crippen LogP contribution >= 0.6 is 0 Å². The lowest BCUT2D eigenvalue weighted by Gasteiger charge is -2.27. The molecular weight excluding hydrogens is 234 g/mol. The van der Waals surface area contributed by atoms with Gasteiger partial charge in [-0.05, 0) is 31.2 Å². The summed E-state index contributed by atoms with van der Waals surface area (Å²) in [6.45, 7) is 4.99. The van der Waals surface area contributed by atoms with Crippen molar-refractivity contribution in [3.8, 4) is 11.5 Å². The molecule has 0 saturated heterocycles. The molecule has 1 aromatic rings. The normalized spacial score (nSPS) is 12.6. The highest BCUT2D eigenvalue weighted by molar-refractivity contribution is 5.66. The minimum absolute atomic E-state index is 0.00568. The summed E-state index contributed by atoms with van der Waals surface area (Å²) in [4.78, 5) is 12.6. The van der Waals surface area contributed by atoms with Gasteiger partial charge in [-0.15, -0.1) is 0 Å². The van der Waals surface area contributed by atoms with E-state index in [0.717, 1.165) is 5.56 Å². The lowest BCUT2D eigenvalue weighted by atomic mass is 10.1. The fourth-order valence-corrected chi connectivity index (χ4v) is 1.93. The Hall–Kier alpha value is -1.75. The van der Waals surface area contributed by atoms with Crippen LogP contribution in [0.4, 0.5) is 0 Å². The zero-order valence-corrected chi connectivity index (χ0v) is 10.6. The number of carboxylic acids is 1. The maximum absolute atomic E-state index is 10.6. The number of hydrogen-bond acceptors (Lipinski definition) is 4. The molecule has 1 unspecified atom stereocenters. The van der Waals surface area contributed by atoms with Crippen molar-refractivity contribution in [2.45, 2.75) is 26.3 Å². The first-order valence-corrected chi connectivity index (χ1v) is 5.92. The van der Waals surface area contributed by atoms with Crippen molar-refractivity contribution < 1.29 is 20.1 Å². The van der Waals surface area contributed by atoms with Gasteiger partial charge in [-0.2, -0.15) is 0 Å². The molecule has 5 heteroatoms. The number of aromatic hydroxyl groups is 2. The molecule has 1 aromatic carbocycles. The number of phenols is 2. The Morgan fingerprint density at radius 3 is 2.28 bits per heavy atom. The first-order chi connectivity index (χ1) is 8.43. The molecule has 100 valence electrons. The van der Waals surface area contributed by atoms with Crippen LogP contribution in [0.3, 0.4) is 0 Å². The topological polar surface area (TPSA) is 81.0 Å². The molecule has 0 spiro atoms. The molecule has 0 amide bonds. The van der Waals surface area contributed by atoms with Crippen LogP contribution in [0.1, 0.15) is 31.9 Å². The quantitative estimate of drug-likeness (QED) is 0.722. The second-order valence-electron chi connectivity index (χ2n) is 4.23. The van der Waals surface area contributed by atoms with Crippen LogP contribution in [0.5, 0.6) is 11.5 Å². The summed E-state index contributed by atoms with van der Waals surface area (Å²) in [5.74, 6) is -0.823. The van der Waals surface area contributed by atoms with Gasteiger partial charge in [-0.1, -0.05) is 6.92 Å². The third-order valence-corrected chi connectivity index (χ3v) is 2.97. The van der Waals surface area contributed by atoms with E-state index in [2.05, 4.69) is 0 Å². The monoisotopic (exact) mass is 253 g/mol. The number of hydrogen-bond donors (Lipinski definition) is 3. The Labute approximate surface area is 106 Å². The maximum atomic E-state index is 10.6. The van der Waals surface area contributed by atoms with Gasteiger partial charge in [0, 0.05) is 18.7 Å². The Morgan fingerprint density at radius 2 is 1.83 bits per heavy atom. The predicted molar refractivity (Wildman–Crippen MR) is 67.7 cm³/mol. The van der Waals surface area contributed by atoms with Gasteiger partial charge in [0.05, 0.1) is 6.42 Å². The predicted octanol–water partition coefficient (Wildman–Crippen LogP) is 1.96. The second kappa shape index (κ2) is 6.26. The van der Waals surface area contributed by atoms with E-state index in [-0.39, 0.29) is 24.0 Å². The van der Waals surface area contributed by atoms with Crippen molar-refractivity contribution in [3.05, 3.63) is 23.8 Å². The highest BCUT2D eigenvalue weighted by Gasteiger charge is 2.16. The van der Waals surface area contributed by atoms with Crippen molar-refractivity contribution >= 4 is 5.97 Å². The number of aliphatic carboxylic acids is 1. The van der Waals surface area contributed by atoms with Crippen molar-refractivity contribution in [1.82, 2.24) is 4.90 Å². The lowest BCUT2D eigenvalue weighted by Crippen LogP contribution is -2.29. The number of benzene rings is 1. The SMILES string of the molecule is CCN(CCC(=O)O)C(C)c1cc(O)cc(O)c1. The van der Waals surface area contributed by atoms with Gasteiger partial charge in [0.15, 0.2) is 0 Å². The van der Waals surface area contributed by atoms with Crippen molar-refractivity contribution in [3.63, 3.8) is 0 Å². The molecule has 3 N–H and O–H groups in total. The summed E-state index contributed by atoms with van der Waals surface area (Å²) in [6, 6.07) is 4.36. The van der Waals surface area contributed by atoms with Crippen molar-refractivity contribution in [1.29, 1.82) is 0 Å². The number of carbonyl (C=O) groups is 1. The minimum atomic E-state index is -0.834. The Morgan fingerprint density at radius 1 is 1.28 bits per heavy atom. The fourth-order valence-electron chi connectivity index (χ4n) is 1.93. The summed E-state index contributed by atoms with van der Waals surface area (Å²) in [5, 5.41) is 27.6. The molecule has 5 nitrogen and oxygen atoms in total. The van der Waals surface area contributed by atoms with Gasteiger partial charge in [0.2, 0.25) is 0 Å². The van der Waals surface area contributed by atoms with Gasteiger partial charge >= 0.3 is 5.97 Å². The standard InChI is InChI=1S/C13H19NO4/c1-3-14(5-4-13(17)18)9(2)10-6-11(15)8-12(16)7-10/h6-9,15-16H,3-5H2,1-2H3,(H,17,18). The number of carboxylic acid groups (broad SMARTS) is 1. The van der Waals surface area contributed by atoms with Crippen LogP contribution in [0.15, 0.2) is 18.2 Å². The molecule has 0 aliphatic carbocycles. The smallest absolute Gasteiger partial charge is 0.304 e. The summed E-state index contributed by atoms with van der Waals surface area (Å²) in [6.07, 6.45) is 0.0724. The maximum Gasteiger partial charge on any atom is 0.304 e. The average molecular weight is 253 g/mol. The summed E-state index contributed by atoms with van der Waals surface area (Å²) < 4.78 is 0. The minimum Gasteiger partial charge on any atom is -0.508 e. The van der Waals surface area contributed by atoms with Gasteiger partial charge in [-0.3, -0.25) is 9.69 Å². The molecule has 0 aromatic heterocycles. The lowest BCUT2D eigenvalue weighted by molar-refractivity contribution is -0.137. The van der Waals surface area contributed by atoms with Gasteiger partial charge in [0.25, 0.3) is 0 Å². The van der Waals surface area contributed by atoms with Crippen LogP contribution in [-0.2, 0) is 4.79 Å². The van der Waals surface area contributed by atoms with E-state index >= 15 is 0 Å². The van der Waals surface area contributed by atoms with Gasteiger partial charge < -0.3 is 15.3 Å². The average Bonchev–Trinajstić information content (AvgIpc) is 2.27. The molecule has 0 saturated carbocycles. The zero-order chi connectivity index (χ0) is 13.7. The van der Waals surface area contributed by atoms with E-state index in [0.29, 0.717) is 13.1 Å². The first-order valence-electron chi connectivity index (χ1n) is 5.92. The highest BCUT2D eigenvalue weighted by Crippen LogP contribution is 2.28. The highest BCUT2D eigenvalue weighted by atomic mass is 16.4. The Balaban J connectivity index is 2.81. The molecule has 0 radical (unpaired) electrons. The zero-order valence-electron chi connectivity index (χ0n) is 10.6. The molecule has 1 rings (SSSR count). The van der Waals surface area contributed by atoms with Crippen LogP contribution in [0, 0.1) is 0 Å². The van der Waals surface area contributed by atoms with E-state index in [1.165, 1.54) is 6.07 Å². The van der Waals surface area contributed by atoms with E-state index in [1.54, 1.807) is 12.1 Å². The third-order valence-electron chi connectivity index (χ3n) is 2.97. The summed E-state index contributed by atoms with van der Waals surface area (Å²) in [7, 11) is 0. The molecule has 0 aliphatic heterocycles. The molecule has 0 bridgehead atoms. The first kappa shape index (κ1) is 14.3. The van der Waals surface area contributed by atoms with Crippen LogP contribution < -0.4 is 0 Å². The van der Waals surface area contributed by atoms with Gasteiger partial charge in [0.1, 0.15) is 11.5 Å². The Kier molecular flexibility index (Phi) is 4.97. The number of rotatable bonds is 6. The van der Waals surface area contributed by atoms with E-state index in [4.69, 9.17) is 5.11 Å². The Bertz CT molecular complexity index is 399. The van der Waals surface area contributed by atoms with Crippen LogP contribution in [-0.4, -0.2) is 39.3 Å². The summed E-state index contributed by atoms with van der Waals surface area (Å²) >= 11 is 0. The van der Waals surface area contributed by atoms with Crippen molar-refractivity contribution in [2.75, 3.05) is 13.1 Å². The molecular formula is C13H19NO4. The second-order valence-corrected chi connectivity index (χ2v) is 4.23.